The number of amides is 2. The van der Waals surface area contributed by atoms with E-state index in [-0.39, 0.29) is 18.4 Å². The fourth-order valence-electron chi connectivity index (χ4n) is 3.82. The van der Waals surface area contributed by atoms with Crippen molar-refractivity contribution in [3.63, 3.8) is 0 Å². The number of nitrogens with one attached hydrogen (secondary N) is 1. The third kappa shape index (κ3) is 6.71. The first-order valence-electron chi connectivity index (χ1n) is 11.5. The molecule has 1 heterocycles. The van der Waals surface area contributed by atoms with Crippen molar-refractivity contribution in [1.29, 1.82) is 0 Å². The molecule has 1 saturated heterocycles. The Morgan fingerprint density at radius 1 is 1.03 bits per heavy atom. The number of thiocarbonyl (C=S) groups is 1. The average molecular weight is 553 g/mol. The maximum Gasteiger partial charge on any atom is 0.270 e. The molecule has 1 fully saturated rings. The van der Waals surface area contributed by atoms with Gasteiger partial charge in [0.1, 0.15) is 0 Å². The summed E-state index contributed by atoms with van der Waals surface area (Å²) in [5.41, 5.74) is 4.26. The number of hydrogen-bond acceptors (Lipinski definition) is 6. The molecule has 0 unspecified atom stereocenters. The van der Waals surface area contributed by atoms with Crippen LogP contribution in [0, 0.1) is 13.8 Å². The number of hydrogen-bond donors (Lipinski definition) is 1. The molecule has 3 aromatic carbocycles. The van der Waals surface area contributed by atoms with E-state index < -0.39 is 0 Å². The van der Waals surface area contributed by atoms with Crippen LogP contribution >= 0.6 is 35.6 Å². The van der Waals surface area contributed by atoms with Crippen molar-refractivity contribution in [2.75, 3.05) is 23.4 Å². The first-order chi connectivity index (χ1) is 17.7. The first-order valence-corrected chi connectivity index (χ1v) is 13.1. The molecule has 9 heteroatoms. The van der Waals surface area contributed by atoms with Gasteiger partial charge in [-0.3, -0.25) is 14.5 Å². The number of rotatable bonds is 8. The molecule has 0 radical (unpaired) electrons. The second-order valence-corrected chi connectivity index (χ2v) is 10.5. The molecular weight excluding hydrogens is 528 g/mol. The van der Waals surface area contributed by atoms with Crippen molar-refractivity contribution in [3.8, 4) is 11.5 Å². The van der Waals surface area contributed by atoms with Crippen molar-refractivity contribution in [2.45, 2.75) is 20.8 Å². The van der Waals surface area contributed by atoms with Crippen molar-refractivity contribution in [3.05, 3.63) is 87.3 Å². The van der Waals surface area contributed by atoms with Crippen molar-refractivity contribution < 1.29 is 19.1 Å². The summed E-state index contributed by atoms with van der Waals surface area (Å²) in [4.78, 5) is 27.5. The van der Waals surface area contributed by atoms with E-state index in [9.17, 15) is 9.59 Å². The highest BCUT2D eigenvalue weighted by Gasteiger charge is 2.33. The second kappa shape index (κ2) is 11.8. The Kier molecular flexibility index (Phi) is 8.53. The fraction of sp³-hybridized carbons (Fsp3) is 0.179. The van der Waals surface area contributed by atoms with Crippen LogP contribution in [0.4, 0.5) is 11.4 Å². The van der Waals surface area contributed by atoms with Gasteiger partial charge in [-0.1, -0.05) is 47.7 Å². The SMILES string of the molecule is CCOc1cc(/C=C2\SC(=S)N(c3ccc(Cl)cc3)C2=O)ccc1OCC(=O)Nc1cc(C)cc(C)c1. The number of carbonyl (C=O) groups is 2. The van der Waals surface area contributed by atoms with Crippen LogP contribution in [0.3, 0.4) is 0 Å². The Hall–Kier alpha value is -3.33. The van der Waals surface area contributed by atoms with E-state index in [1.165, 1.54) is 16.7 Å². The Morgan fingerprint density at radius 2 is 1.73 bits per heavy atom. The molecule has 190 valence electrons. The minimum Gasteiger partial charge on any atom is -0.490 e. The second-order valence-electron chi connectivity index (χ2n) is 8.35. The Balaban J connectivity index is 1.47. The lowest BCUT2D eigenvalue weighted by atomic mass is 10.1. The van der Waals surface area contributed by atoms with E-state index >= 15 is 0 Å². The normalized spacial score (nSPS) is 14.3. The molecule has 3 aromatic rings. The third-order valence-corrected chi connectivity index (χ3v) is 6.86. The molecule has 0 spiro atoms. The molecule has 0 aliphatic carbocycles. The number of benzene rings is 3. The number of carbonyl (C=O) groups excluding carboxylic acids is 2. The van der Waals surface area contributed by atoms with Crippen LogP contribution in [-0.2, 0) is 9.59 Å². The van der Waals surface area contributed by atoms with Crippen LogP contribution in [0.1, 0.15) is 23.6 Å². The molecule has 0 saturated carbocycles. The number of halogens is 1. The Labute approximate surface area is 230 Å². The van der Waals surface area contributed by atoms with Crippen LogP contribution in [0.2, 0.25) is 5.02 Å². The number of nitrogens with zero attached hydrogens (tertiary/aromatic N) is 1. The van der Waals surface area contributed by atoms with E-state index in [1.54, 1.807) is 48.5 Å². The van der Waals surface area contributed by atoms with E-state index in [0.29, 0.717) is 38.0 Å². The topological polar surface area (TPSA) is 67.9 Å². The number of thioether (sulfide) groups is 1. The lowest BCUT2D eigenvalue weighted by Crippen LogP contribution is -2.27. The highest BCUT2D eigenvalue weighted by atomic mass is 35.5. The van der Waals surface area contributed by atoms with Gasteiger partial charge in [-0.2, -0.15) is 0 Å². The van der Waals surface area contributed by atoms with E-state index in [1.807, 2.05) is 39.0 Å². The lowest BCUT2D eigenvalue weighted by Gasteiger charge is -2.14. The van der Waals surface area contributed by atoms with Gasteiger partial charge in [0.25, 0.3) is 11.8 Å². The molecule has 2 amide bonds. The zero-order valence-corrected chi connectivity index (χ0v) is 22.9. The van der Waals surface area contributed by atoms with Crippen molar-refractivity contribution >= 4 is 69.2 Å². The van der Waals surface area contributed by atoms with Gasteiger partial charge >= 0.3 is 0 Å². The molecule has 1 aliphatic rings. The summed E-state index contributed by atoms with van der Waals surface area (Å²) in [5, 5.41) is 3.44. The van der Waals surface area contributed by atoms with Crippen LogP contribution in [0.25, 0.3) is 6.08 Å². The molecule has 6 nitrogen and oxygen atoms in total. The molecule has 37 heavy (non-hydrogen) atoms. The standard InChI is InChI=1S/C28H25ClN2O4S2/c1-4-34-24-14-19(15-25-27(33)31(28(36)37-25)22-8-6-20(29)7-9-22)5-10-23(24)35-16-26(32)30-21-12-17(2)11-18(3)13-21/h5-15H,4,16H2,1-3H3,(H,30,32)/b25-15-. The predicted octanol–water partition coefficient (Wildman–Crippen LogP) is 6.78. The van der Waals surface area contributed by atoms with E-state index in [2.05, 4.69) is 5.32 Å². The number of aryl methyl sites for hydroxylation is 2. The fourth-order valence-corrected chi connectivity index (χ4v) is 5.25. The van der Waals surface area contributed by atoms with E-state index in [0.717, 1.165) is 22.4 Å². The van der Waals surface area contributed by atoms with Crippen LogP contribution < -0.4 is 19.7 Å². The molecule has 1 N–H and O–H groups in total. The quantitative estimate of drug-likeness (QED) is 0.245. The van der Waals surface area contributed by atoms with Gasteiger partial charge in [0.15, 0.2) is 22.4 Å². The molecular formula is C28H25ClN2O4S2. The average Bonchev–Trinajstić information content (AvgIpc) is 3.11. The van der Waals surface area contributed by atoms with Gasteiger partial charge in [0.05, 0.1) is 17.2 Å². The van der Waals surface area contributed by atoms with E-state index in [4.69, 9.17) is 33.3 Å². The van der Waals surface area contributed by atoms with Crippen LogP contribution in [0.15, 0.2) is 65.6 Å². The minimum absolute atomic E-state index is 0.174. The van der Waals surface area contributed by atoms with Gasteiger partial charge in [-0.15, -0.1) is 0 Å². The molecule has 4 rings (SSSR count). The molecule has 0 aromatic heterocycles. The predicted molar refractivity (Wildman–Crippen MR) is 155 cm³/mol. The maximum absolute atomic E-state index is 13.1. The summed E-state index contributed by atoms with van der Waals surface area (Å²) >= 11 is 12.6. The highest BCUT2D eigenvalue weighted by Crippen LogP contribution is 2.37. The number of ether oxygens (including phenoxy) is 2. The Bertz CT molecular complexity index is 1370. The zero-order valence-electron chi connectivity index (χ0n) is 20.5. The van der Waals surface area contributed by atoms with Gasteiger partial charge in [-0.05, 0) is 92.1 Å². The lowest BCUT2D eigenvalue weighted by molar-refractivity contribution is -0.118. The largest absolute Gasteiger partial charge is 0.490 e. The first kappa shape index (κ1) is 26.7. The summed E-state index contributed by atoms with van der Waals surface area (Å²) in [7, 11) is 0. The van der Waals surface area contributed by atoms with Gasteiger partial charge in [0, 0.05) is 10.7 Å². The maximum atomic E-state index is 13.1. The summed E-state index contributed by atoms with van der Waals surface area (Å²) in [6.45, 7) is 6.05. The molecule has 0 bridgehead atoms. The minimum atomic E-state index is -0.276. The van der Waals surface area contributed by atoms with Gasteiger partial charge in [-0.25, -0.2) is 0 Å². The summed E-state index contributed by atoms with van der Waals surface area (Å²) < 4.78 is 12.0. The smallest absolute Gasteiger partial charge is 0.270 e. The van der Waals surface area contributed by atoms with Gasteiger partial charge in [0.2, 0.25) is 0 Å². The van der Waals surface area contributed by atoms with Crippen molar-refractivity contribution in [1.82, 2.24) is 0 Å². The van der Waals surface area contributed by atoms with Crippen LogP contribution in [0.5, 0.6) is 11.5 Å². The molecule has 1 aliphatic heterocycles. The highest BCUT2D eigenvalue weighted by molar-refractivity contribution is 8.27. The zero-order chi connectivity index (χ0) is 26.5. The summed E-state index contributed by atoms with van der Waals surface area (Å²) in [6, 6.07) is 18.1. The third-order valence-electron chi connectivity index (χ3n) is 5.31. The number of anilines is 2. The molecule has 0 atom stereocenters. The van der Waals surface area contributed by atoms with Crippen LogP contribution in [-0.4, -0.2) is 29.3 Å². The van der Waals surface area contributed by atoms with Crippen molar-refractivity contribution in [2.24, 2.45) is 0 Å². The summed E-state index contributed by atoms with van der Waals surface area (Å²) in [6.07, 6.45) is 1.76. The summed E-state index contributed by atoms with van der Waals surface area (Å²) in [5.74, 6) is 0.424. The monoisotopic (exact) mass is 552 g/mol. The van der Waals surface area contributed by atoms with Gasteiger partial charge < -0.3 is 14.8 Å². The Morgan fingerprint density at radius 3 is 2.41 bits per heavy atom.